The number of hydrogen-bond donors (Lipinski definition) is 0. The lowest BCUT2D eigenvalue weighted by Crippen LogP contribution is -2.08. The number of hydrogen-bond acceptors (Lipinski definition) is 9. The Balaban J connectivity index is 1.75. The molecule has 140 valence electrons. The SMILES string of the molecule is CS(=O)(=O)c1ccc(C(=O)OCc2coc(-c3cccs3)n2)cc1[N+](=O)[O-]. The number of carbonyl (C=O) groups excluding carboxylic acids is 1. The van der Waals surface area contributed by atoms with Crippen LogP contribution in [0, 0.1) is 10.1 Å². The fraction of sp³-hybridized carbons (Fsp3) is 0.125. The van der Waals surface area contributed by atoms with Crippen LogP contribution in [0.4, 0.5) is 5.69 Å². The first kappa shape index (κ1) is 18.7. The van der Waals surface area contributed by atoms with Crippen LogP contribution in [0.5, 0.6) is 0 Å². The lowest BCUT2D eigenvalue weighted by Gasteiger charge is -2.05. The van der Waals surface area contributed by atoms with Gasteiger partial charge in [0, 0.05) is 12.3 Å². The summed E-state index contributed by atoms with van der Waals surface area (Å²) < 4.78 is 33.6. The van der Waals surface area contributed by atoms with Crippen LogP contribution in [0.2, 0.25) is 0 Å². The Bertz CT molecular complexity index is 1100. The van der Waals surface area contributed by atoms with Crippen molar-refractivity contribution in [1.29, 1.82) is 0 Å². The van der Waals surface area contributed by atoms with Gasteiger partial charge < -0.3 is 9.15 Å². The molecule has 0 N–H and O–H groups in total. The zero-order valence-corrected chi connectivity index (χ0v) is 15.5. The molecule has 0 aliphatic rings. The van der Waals surface area contributed by atoms with Crippen LogP contribution in [0.25, 0.3) is 10.8 Å². The summed E-state index contributed by atoms with van der Waals surface area (Å²) in [5.74, 6) is -0.456. The normalized spacial score (nSPS) is 11.3. The van der Waals surface area contributed by atoms with E-state index in [1.165, 1.54) is 17.6 Å². The number of thiophene rings is 1. The highest BCUT2D eigenvalue weighted by Crippen LogP contribution is 2.26. The first-order valence-corrected chi connectivity index (χ1v) is 10.2. The molecule has 3 aromatic rings. The van der Waals surface area contributed by atoms with Crippen LogP contribution in [0.1, 0.15) is 16.1 Å². The van der Waals surface area contributed by atoms with Gasteiger partial charge in [-0.1, -0.05) is 6.07 Å². The Hall–Kier alpha value is -3.05. The van der Waals surface area contributed by atoms with Crippen LogP contribution in [-0.2, 0) is 21.2 Å². The highest BCUT2D eigenvalue weighted by atomic mass is 32.2. The molecule has 0 radical (unpaired) electrons. The number of nitro benzene ring substituents is 1. The molecule has 11 heteroatoms. The number of oxazole rings is 1. The third kappa shape index (κ3) is 4.20. The van der Waals surface area contributed by atoms with E-state index in [2.05, 4.69) is 4.98 Å². The van der Waals surface area contributed by atoms with Gasteiger partial charge in [0.2, 0.25) is 5.89 Å². The van der Waals surface area contributed by atoms with Crippen molar-refractivity contribution in [3.8, 4) is 10.8 Å². The highest BCUT2D eigenvalue weighted by molar-refractivity contribution is 7.90. The molecule has 0 saturated carbocycles. The predicted octanol–water partition coefficient (Wildman–Crippen LogP) is 3.07. The molecule has 0 aliphatic carbocycles. The molecule has 0 atom stereocenters. The summed E-state index contributed by atoms with van der Waals surface area (Å²) in [6.45, 7) is -0.199. The number of benzene rings is 1. The maximum atomic E-state index is 12.1. The zero-order valence-electron chi connectivity index (χ0n) is 13.8. The molecular formula is C16H12N2O7S2. The van der Waals surface area contributed by atoms with Gasteiger partial charge in [-0.25, -0.2) is 18.2 Å². The molecule has 0 bridgehead atoms. The minimum absolute atomic E-state index is 0.143. The minimum atomic E-state index is -3.81. The quantitative estimate of drug-likeness (QED) is 0.346. The van der Waals surface area contributed by atoms with E-state index in [1.54, 1.807) is 0 Å². The lowest BCUT2D eigenvalue weighted by molar-refractivity contribution is -0.387. The molecule has 0 spiro atoms. The van der Waals surface area contributed by atoms with E-state index in [0.717, 1.165) is 29.3 Å². The Morgan fingerprint density at radius 1 is 1.37 bits per heavy atom. The van der Waals surface area contributed by atoms with Gasteiger partial charge in [-0.3, -0.25) is 10.1 Å². The molecule has 2 aromatic heterocycles. The first-order valence-electron chi connectivity index (χ1n) is 7.39. The van der Waals surface area contributed by atoms with Crippen molar-refractivity contribution >= 4 is 32.8 Å². The van der Waals surface area contributed by atoms with E-state index < -0.39 is 31.3 Å². The van der Waals surface area contributed by atoms with Gasteiger partial charge in [-0.2, -0.15) is 0 Å². The van der Waals surface area contributed by atoms with Gasteiger partial charge in [0.05, 0.1) is 15.4 Å². The number of sulfone groups is 1. The molecule has 2 heterocycles. The number of rotatable bonds is 6. The number of esters is 1. The summed E-state index contributed by atoms with van der Waals surface area (Å²) in [6, 6.07) is 6.71. The lowest BCUT2D eigenvalue weighted by atomic mass is 10.2. The van der Waals surface area contributed by atoms with Crippen molar-refractivity contribution in [2.45, 2.75) is 11.5 Å². The van der Waals surface area contributed by atoms with Crippen molar-refractivity contribution < 1.29 is 27.3 Å². The van der Waals surface area contributed by atoms with E-state index in [9.17, 15) is 23.3 Å². The summed E-state index contributed by atoms with van der Waals surface area (Å²) in [5.41, 5.74) is -0.460. The Kier molecular flexibility index (Phi) is 5.06. The fourth-order valence-corrected chi connectivity index (χ4v) is 3.69. The van der Waals surface area contributed by atoms with E-state index >= 15 is 0 Å². The number of nitrogens with zero attached hydrogens (tertiary/aromatic N) is 2. The monoisotopic (exact) mass is 408 g/mol. The summed E-state index contributed by atoms with van der Waals surface area (Å²) in [4.78, 5) is 26.9. The average molecular weight is 408 g/mol. The molecule has 1 aromatic carbocycles. The summed E-state index contributed by atoms with van der Waals surface area (Å²) >= 11 is 1.44. The number of nitro groups is 1. The van der Waals surface area contributed by atoms with Crippen molar-refractivity contribution in [3.05, 3.63) is 63.3 Å². The van der Waals surface area contributed by atoms with E-state index in [4.69, 9.17) is 9.15 Å². The van der Waals surface area contributed by atoms with Crippen LogP contribution < -0.4 is 0 Å². The third-order valence-corrected chi connectivity index (χ3v) is 5.43. The smallest absolute Gasteiger partial charge is 0.338 e. The van der Waals surface area contributed by atoms with E-state index in [0.29, 0.717) is 11.6 Å². The maximum Gasteiger partial charge on any atom is 0.338 e. The summed E-state index contributed by atoms with van der Waals surface area (Å²) in [7, 11) is -3.81. The maximum absolute atomic E-state index is 12.1. The van der Waals surface area contributed by atoms with E-state index in [1.807, 2.05) is 17.5 Å². The summed E-state index contributed by atoms with van der Waals surface area (Å²) in [5, 5.41) is 13.0. The molecule has 9 nitrogen and oxygen atoms in total. The molecule has 0 aliphatic heterocycles. The second-order valence-electron chi connectivity index (χ2n) is 5.41. The van der Waals surface area contributed by atoms with Gasteiger partial charge in [-0.05, 0) is 23.6 Å². The number of ether oxygens (including phenoxy) is 1. The average Bonchev–Trinajstić information content (AvgIpc) is 3.29. The highest BCUT2D eigenvalue weighted by Gasteiger charge is 2.24. The Morgan fingerprint density at radius 2 is 2.15 bits per heavy atom. The largest absolute Gasteiger partial charge is 0.455 e. The second kappa shape index (κ2) is 7.29. The van der Waals surface area contributed by atoms with Crippen LogP contribution in [0.15, 0.2) is 51.3 Å². The molecular weight excluding hydrogens is 396 g/mol. The summed E-state index contributed by atoms with van der Waals surface area (Å²) in [6.07, 6.45) is 2.20. The van der Waals surface area contributed by atoms with Crippen molar-refractivity contribution in [2.24, 2.45) is 0 Å². The first-order chi connectivity index (χ1) is 12.8. The molecule has 0 amide bonds. The topological polar surface area (TPSA) is 130 Å². The van der Waals surface area contributed by atoms with Crippen molar-refractivity contribution in [3.63, 3.8) is 0 Å². The van der Waals surface area contributed by atoms with Gasteiger partial charge >= 0.3 is 5.97 Å². The second-order valence-corrected chi connectivity index (χ2v) is 8.34. The molecule has 0 saturated heterocycles. The minimum Gasteiger partial charge on any atom is -0.455 e. The zero-order chi connectivity index (χ0) is 19.6. The molecule has 3 rings (SSSR count). The Labute approximate surface area is 157 Å². The third-order valence-electron chi connectivity index (χ3n) is 3.43. The standard InChI is InChI=1S/C16H12N2O7S2/c1-27(22,23)14-5-4-10(7-12(14)18(20)21)16(19)25-9-11-8-24-15(17-11)13-3-2-6-26-13/h2-8H,9H2,1H3. The predicted molar refractivity (Wildman–Crippen MR) is 95.1 cm³/mol. The van der Waals surface area contributed by atoms with Gasteiger partial charge in [0.15, 0.2) is 9.84 Å². The number of aromatic nitrogens is 1. The van der Waals surface area contributed by atoms with Crippen molar-refractivity contribution in [1.82, 2.24) is 4.98 Å². The van der Waals surface area contributed by atoms with E-state index in [-0.39, 0.29) is 12.2 Å². The van der Waals surface area contributed by atoms with Gasteiger partial charge in [-0.15, -0.1) is 11.3 Å². The van der Waals surface area contributed by atoms with Gasteiger partial charge in [0.25, 0.3) is 5.69 Å². The molecule has 0 unspecified atom stereocenters. The fourth-order valence-electron chi connectivity index (χ4n) is 2.21. The molecule has 27 heavy (non-hydrogen) atoms. The van der Waals surface area contributed by atoms with Crippen LogP contribution >= 0.6 is 11.3 Å². The Morgan fingerprint density at radius 3 is 2.78 bits per heavy atom. The van der Waals surface area contributed by atoms with Crippen LogP contribution in [-0.4, -0.2) is 30.6 Å². The van der Waals surface area contributed by atoms with Crippen molar-refractivity contribution in [2.75, 3.05) is 6.26 Å². The molecule has 0 fully saturated rings. The van der Waals surface area contributed by atoms with Crippen LogP contribution in [0.3, 0.4) is 0 Å². The van der Waals surface area contributed by atoms with Gasteiger partial charge in [0.1, 0.15) is 23.5 Å². The number of carbonyl (C=O) groups is 1.